The van der Waals surface area contributed by atoms with E-state index in [2.05, 4.69) is 39.9 Å². The number of benzene rings is 2. The fourth-order valence-electron chi connectivity index (χ4n) is 4.22. The van der Waals surface area contributed by atoms with Crippen molar-refractivity contribution in [2.45, 2.75) is 38.1 Å². The van der Waals surface area contributed by atoms with Crippen LogP contribution in [-0.4, -0.2) is 40.2 Å². The number of hydrogen-bond donors (Lipinski definition) is 3. The van der Waals surface area contributed by atoms with Gasteiger partial charge in [0, 0.05) is 17.9 Å². The van der Waals surface area contributed by atoms with Gasteiger partial charge in [0.15, 0.2) is 0 Å². The average molecular weight is 474 g/mol. The van der Waals surface area contributed by atoms with Crippen LogP contribution in [-0.2, 0) is 9.53 Å². The maximum absolute atomic E-state index is 12.6. The Balaban J connectivity index is 1.28. The third-order valence-electron chi connectivity index (χ3n) is 6.03. The summed E-state index contributed by atoms with van der Waals surface area (Å²) < 4.78 is 5.60. The molecule has 0 aliphatic heterocycles. The molecule has 35 heavy (non-hydrogen) atoms. The number of anilines is 1. The molecule has 0 atom stereocenters. The van der Waals surface area contributed by atoms with Crippen LogP contribution in [0.4, 0.5) is 10.5 Å². The van der Waals surface area contributed by atoms with Crippen molar-refractivity contribution in [2.75, 3.05) is 11.9 Å². The number of alkyl carbamates (subject to hydrolysis) is 1. The molecule has 0 bridgehead atoms. The van der Waals surface area contributed by atoms with Gasteiger partial charge in [-0.3, -0.25) is 4.79 Å². The van der Waals surface area contributed by atoms with Gasteiger partial charge in [-0.25, -0.2) is 14.6 Å². The van der Waals surface area contributed by atoms with Crippen LogP contribution in [0.1, 0.15) is 54.2 Å². The van der Waals surface area contributed by atoms with Crippen LogP contribution in [0.3, 0.4) is 0 Å². The summed E-state index contributed by atoms with van der Waals surface area (Å²) in [7, 11) is 0. The van der Waals surface area contributed by atoms with Crippen molar-refractivity contribution >= 4 is 23.7 Å². The molecule has 8 heteroatoms. The van der Waals surface area contributed by atoms with E-state index in [1.54, 1.807) is 0 Å². The maximum atomic E-state index is 12.6. The number of aromatic carboxylic acids is 1. The van der Waals surface area contributed by atoms with Gasteiger partial charge in [-0.1, -0.05) is 48.5 Å². The lowest BCUT2D eigenvalue weighted by atomic mass is 9.98. The first-order chi connectivity index (χ1) is 16.7. The summed E-state index contributed by atoms with van der Waals surface area (Å²) in [5.41, 5.74) is 4.24. The third kappa shape index (κ3) is 5.66. The number of pyridine rings is 1. The van der Waals surface area contributed by atoms with Crippen LogP contribution in [0, 0.1) is 0 Å². The van der Waals surface area contributed by atoms with Crippen LogP contribution in [0.25, 0.3) is 11.1 Å². The summed E-state index contributed by atoms with van der Waals surface area (Å²) in [5, 5.41) is 14.4. The Bertz CT molecular complexity index is 1210. The first-order valence-electron chi connectivity index (χ1n) is 11.4. The fraction of sp³-hybridized carbons (Fsp3) is 0.259. The van der Waals surface area contributed by atoms with Gasteiger partial charge < -0.3 is 20.5 Å². The lowest BCUT2D eigenvalue weighted by Gasteiger charge is -2.26. The molecule has 1 heterocycles. The van der Waals surface area contributed by atoms with Crippen LogP contribution in [0.2, 0.25) is 0 Å². The highest BCUT2D eigenvalue weighted by Crippen LogP contribution is 2.44. The van der Waals surface area contributed by atoms with Gasteiger partial charge in [0.25, 0.3) is 0 Å². The molecule has 4 rings (SSSR count). The molecule has 0 saturated heterocycles. The van der Waals surface area contributed by atoms with E-state index in [1.165, 1.54) is 18.3 Å². The van der Waals surface area contributed by atoms with Gasteiger partial charge in [0.2, 0.25) is 5.91 Å². The van der Waals surface area contributed by atoms with Crippen molar-refractivity contribution < 1.29 is 24.2 Å². The quantitative estimate of drug-likeness (QED) is 0.432. The Morgan fingerprint density at radius 1 is 0.971 bits per heavy atom. The van der Waals surface area contributed by atoms with E-state index in [-0.39, 0.29) is 30.5 Å². The van der Waals surface area contributed by atoms with Crippen LogP contribution >= 0.6 is 0 Å². The second-order valence-electron chi connectivity index (χ2n) is 9.12. The van der Waals surface area contributed by atoms with E-state index in [0.29, 0.717) is 12.1 Å². The minimum atomic E-state index is -1.14. The Labute approximate surface area is 203 Å². The van der Waals surface area contributed by atoms with E-state index in [4.69, 9.17) is 9.84 Å². The molecular formula is C27H27N3O5. The number of carboxylic acids is 1. The highest BCUT2D eigenvalue weighted by Gasteiger charge is 2.30. The molecule has 0 saturated carbocycles. The molecule has 180 valence electrons. The zero-order valence-corrected chi connectivity index (χ0v) is 19.6. The zero-order valence-electron chi connectivity index (χ0n) is 19.6. The number of ether oxygens (including phenoxy) is 1. The number of aromatic nitrogens is 1. The molecule has 1 aromatic heterocycles. The number of amides is 2. The van der Waals surface area contributed by atoms with E-state index in [1.807, 2.05) is 38.1 Å². The van der Waals surface area contributed by atoms with E-state index < -0.39 is 17.6 Å². The van der Waals surface area contributed by atoms with Gasteiger partial charge in [-0.15, -0.1) is 0 Å². The monoisotopic (exact) mass is 473 g/mol. The Hall–Kier alpha value is -4.20. The molecule has 2 aromatic carbocycles. The van der Waals surface area contributed by atoms with Crippen molar-refractivity contribution in [3.05, 3.63) is 83.7 Å². The van der Waals surface area contributed by atoms with Gasteiger partial charge in [-0.2, -0.15) is 0 Å². The highest BCUT2D eigenvalue weighted by atomic mass is 16.5. The van der Waals surface area contributed by atoms with Crippen molar-refractivity contribution in [3.63, 3.8) is 0 Å². The van der Waals surface area contributed by atoms with Gasteiger partial charge >= 0.3 is 12.1 Å². The van der Waals surface area contributed by atoms with Crippen molar-refractivity contribution in [2.24, 2.45) is 0 Å². The molecule has 2 amide bonds. The highest BCUT2D eigenvalue weighted by molar-refractivity contribution is 5.91. The number of fused-ring (bicyclic) bond motifs is 3. The topological polar surface area (TPSA) is 118 Å². The van der Waals surface area contributed by atoms with Crippen LogP contribution in [0.15, 0.2) is 66.9 Å². The molecule has 3 N–H and O–H groups in total. The molecule has 0 radical (unpaired) electrons. The largest absolute Gasteiger partial charge is 0.477 e. The Morgan fingerprint density at radius 2 is 1.60 bits per heavy atom. The predicted octanol–water partition coefficient (Wildman–Crippen LogP) is 4.82. The van der Waals surface area contributed by atoms with Crippen molar-refractivity contribution in [3.8, 4) is 11.1 Å². The number of carbonyl (C=O) groups is 3. The second-order valence-corrected chi connectivity index (χ2v) is 9.12. The van der Waals surface area contributed by atoms with Crippen LogP contribution in [0.5, 0.6) is 0 Å². The molecule has 1 aliphatic rings. The van der Waals surface area contributed by atoms with Crippen molar-refractivity contribution in [1.82, 2.24) is 10.3 Å². The number of nitrogens with zero attached hydrogens (tertiary/aromatic N) is 1. The normalized spacial score (nSPS) is 12.4. The summed E-state index contributed by atoms with van der Waals surface area (Å²) in [6, 6.07) is 19.1. The van der Waals surface area contributed by atoms with Gasteiger partial charge in [-0.05, 0) is 54.7 Å². The molecule has 1 aliphatic carbocycles. The smallest absolute Gasteiger partial charge is 0.407 e. The summed E-state index contributed by atoms with van der Waals surface area (Å²) in [6.45, 7) is 3.87. The number of carboxylic acid groups (broad SMARTS) is 1. The van der Waals surface area contributed by atoms with E-state index in [0.717, 1.165) is 22.3 Å². The van der Waals surface area contributed by atoms with E-state index in [9.17, 15) is 14.4 Å². The first-order valence-corrected chi connectivity index (χ1v) is 11.4. The zero-order chi connectivity index (χ0) is 25.0. The maximum Gasteiger partial charge on any atom is 0.407 e. The standard InChI is InChI=1S/C27H27N3O5/c1-27(2,14-13-24(31)29-17-11-12-23(25(32)33)28-15-17)30-26(34)35-16-22-20-9-5-3-7-18(20)19-8-4-6-10-21(19)22/h3-12,15,22H,13-14,16H2,1-2H3,(H,29,31)(H,30,34)(H,32,33). The third-order valence-corrected chi connectivity index (χ3v) is 6.03. The molecule has 0 unspecified atom stereocenters. The average Bonchev–Trinajstić information content (AvgIpc) is 3.15. The lowest BCUT2D eigenvalue weighted by molar-refractivity contribution is -0.116. The summed E-state index contributed by atoms with van der Waals surface area (Å²) >= 11 is 0. The van der Waals surface area contributed by atoms with Gasteiger partial charge in [0.1, 0.15) is 12.3 Å². The lowest BCUT2D eigenvalue weighted by Crippen LogP contribution is -2.44. The van der Waals surface area contributed by atoms with E-state index >= 15 is 0 Å². The minimum Gasteiger partial charge on any atom is -0.477 e. The molecule has 3 aromatic rings. The number of rotatable bonds is 8. The Morgan fingerprint density at radius 3 is 2.17 bits per heavy atom. The van der Waals surface area contributed by atoms with Crippen molar-refractivity contribution in [1.29, 1.82) is 0 Å². The summed E-state index contributed by atoms with van der Waals surface area (Å²) in [5.74, 6) is -1.43. The molecule has 0 fully saturated rings. The number of carbonyl (C=O) groups excluding carboxylic acids is 2. The molecule has 0 spiro atoms. The molecular weight excluding hydrogens is 446 g/mol. The summed E-state index contributed by atoms with van der Waals surface area (Å²) in [4.78, 5) is 39.5. The van der Waals surface area contributed by atoms with Crippen LogP contribution < -0.4 is 10.6 Å². The number of hydrogen-bond acceptors (Lipinski definition) is 5. The minimum absolute atomic E-state index is 0.0248. The fourth-order valence-corrected chi connectivity index (χ4v) is 4.22. The second kappa shape index (κ2) is 9.97. The van der Waals surface area contributed by atoms with Gasteiger partial charge in [0.05, 0.1) is 11.9 Å². The number of nitrogens with one attached hydrogen (secondary N) is 2. The Kier molecular flexibility index (Phi) is 6.82. The summed E-state index contributed by atoms with van der Waals surface area (Å²) in [6.07, 6.45) is 1.29. The predicted molar refractivity (Wildman–Crippen MR) is 131 cm³/mol. The SMILES string of the molecule is CC(C)(CCC(=O)Nc1ccc(C(=O)O)nc1)NC(=O)OCC1c2ccccc2-c2ccccc21. The first kappa shape index (κ1) is 23.9. The molecule has 8 nitrogen and oxygen atoms in total.